The van der Waals surface area contributed by atoms with Gasteiger partial charge in [-0.2, -0.15) is 9.29 Å². The Morgan fingerprint density at radius 3 is 2.50 bits per heavy atom. The Morgan fingerprint density at radius 1 is 0.952 bits per heavy atom. The highest BCUT2D eigenvalue weighted by atomic mass is 32.2. The molecule has 6 rings (SSSR count). The van der Waals surface area contributed by atoms with E-state index in [1.807, 2.05) is 24.3 Å². The smallest absolute Gasteiger partial charge is 0.269 e. The molecule has 42 heavy (non-hydrogen) atoms. The summed E-state index contributed by atoms with van der Waals surface area (Å²) >= 11 is 0. The molecule has 0 spiro atoms. The van der Waals surface area contributed by atoms with Crippen LogP contribution in [0, 0.1) is 10.1 Å². The molecule has 216 valence electrons. The number of nitro benzene ring substituents is 1. The summed E-state index contributed by atoms with van der Waals surface area (Å²) in [5, 5.41) is 18.4. The van der Waals surface area contributed by atoms with Crippen molar-refractivity contribution in [1.82, 2.24) is 19.4 Å². The van der Waals surface area contributed by atoms with E-state index in [9.17, 15) is 18.5 Å². The number of sulfonamides is 1. The van der Waals surface area contributed by atoms with Crippen LogP contribution in [0.4, 0.5) is 11.5 Å². The number of hydrogen-bond acceptors (Lipinski definition) is 9. The summed E-state index contributed by atoms with van der Waals surface area (Å²) in [4.78, 5) is 22.3. The van der Waals surface area contributed by atoms with Gasteiger partial charge in [0.05, 0.1) is 9.82 Å². The van der Waals surface area contributed by atoms with Crippen LogP contribution < -0.4 is 4.90 Å². The lowest BCUT2D eigenvalue weighted by atomic mass is 10.0. The second kappa shape index (κ2) is 11.5. The highest BCUT2D eigenvalue weighted by Gasteiger charge is 2.30. The van der Waals surface area contributed by atoms with E-state index in [1.54, 1.807) is 0 Å². The SMILES string of the molecule is CCCCc1nc(N2CCCN(S(=O)(=O)c3ccc([N+](=O)[O-])cc3)CC2)c2c(-c3ccc4ccccc4c3)noc2n1. The van der Waals surface area contributed by atoms with Gasteiger partial charge < -0.3 is 9.42 Å². The Labute approximate surface area is 243 Å². The van der Waals surface area contributed by atoms with Crippen molar-refractivity contribution in [1.29, 1.82) is 0 Å². The number of fused-ring (bicyclic) bond motifs is 2. The van der Waals surface area contributed by atoms with Gasteiger partial charge in [-0.15, -0.1) is 0 Å². The molecule has 0 atom stereocenters. The Kier molecular flexibility index (Phi) is 7.56. The third kappa shape index (κ3) is 5.30. The standard InChI is InChI=1S/C30H30N6O5S/c1-2-3-9-26-31-29(27-28(33-41-30(27)32-26)23-11-10-21-7-4-5-8-22(21)20-23)34-16-6-17-35(19-18-34)42(39,40)25-14-12-24(13-15-25)36(37)38/h4-5,7-8,10-15,20H,2-3,6,9,16-19H2,1H3. The molecular weight excluding hydrogens is 556 g/mol. The highest BCUT2D eigenvalue weighted by Crippen LogP contribution is 2.36. The van der Waals surface area contributed by atoms with Crippen LogP contribution in [0.5, 0.6) is 0 Å². The van der Waals surface area contributed by atoms with Crippen molar-refractivity contribution in [3.8, 4) is 11.3 Å². The minimum Gasteiger partial charge on any atom is -0.354 e. The fraction of sp³-hybridized carbons (Fsp3) is 0.300. The minimum absolute atomic E-state index is 0.0328. The van der Waals surface area contributed by atoms with Crippen LogP contribution in [0.25, 0.3) is 33.1 Å². The summed E-state index contributed by atoms with van der Waals surface area (Å²) in [7, 11) is -3.84. The summed E-state index contributed by atoms with van der Waals surface area (Å²) in [6.45, 7) is 3.63. The third-order valence-corrected chi connectivity index (χ3v) is 9.49. The zero-order valence-electron chi connectivity index (χ0n) is 23.1. The van der Waals surface area contributed by atoms with Crippen LogP contribution >= 0.6 is 0 Å². The lowest BCUT2D eigenvalue weighted by molar-refractivity contribution is -0.384. The predicted molar refractivity (Wildman–Crippen MR) is 160 cm³/mol. The largest absolute Gasteiger partial charge is 0.354 e. The van der Waals surface area contributed by atoms with Gasteiger partial charge in [0.15, 0.2) is 0 Å². The van der Waals surface area contributed by atoms with E-state index >= 15 is 0 Å². The number of benzene rings is 3. The fourth-order valence-electron chi connectivity index (χ4n) is 5.32. The lowest BCUT2D eigenvalue weighted by Crippen LogP contribution is -2.35. The van der Waals surface area contributed by atoms with Crippen molar-refractivity contribution in [3.05, 3.63) is 82.7 Å². The van der Waals surface area contributed by atoms with Crippen molar-refractivity contribution in [2.24, 2.45) is 0 Å². The van der Waals surface area contributed by atoms with Crippen molar-refractivity contribution < 1.29 is 17.9 Å². The van der Waals surface area contributed by atoms with Crippen molar-refractivity contribution in [2.45, 2.75) is 37.5 Å². The van der Waals surface area contributed by atoms with Gasteiger partial charge in [-0.05, 0) is 41.8 Å². The lowest BCUT2D eigenvalue weighted by Gasteiger charge is -2.23. The van der Waals surface area contributed by atoms with Crippen LogP contribution in [0.15, 0.2) is 76.1 Å². The zero-order valence-corrected chi connectivity index (χ0v) is 24.0. The molecule has 0 bridgehead atoms. The third-order valence-electron chi connectivity index (χ3n) is 7.58. The van der Waals surface area contributed by atoms with Gasteiger partial charge in [-0.1, -0.05) is 54.9 Å². The van der Waals surface area contributed by atoms with Gasteiger partial charge in [-0.25, -0.2) is 13.4 Å². The zero-order chi connectivity index (χ0) is 29.3. The maximum atomic E-state index is 13.4. The number of aryl methyl sites for hydroxylation is 1. The number of non-ortho nitro benzene ring substituents is 1. The van der Waals surface area contributed by atoms with Gasteiger partial charge in [-0.3, -0.25) is 10.1 Å². The van der Waals surface area contributed by atoms with Crippen LogP contribution in [-0.4, -0.2) is 58.9 Å². The molecule has 1 aliphatic heterocycles. The summed E-state index contributed by atoms with van der Waals surface area (Å²) in [6.07, 6.45) is 3.19. The monoisotopic (exact) mass is 586 g/mol. The fourth-order valence-corrected chi connectivity index (χ4v) is 6.79. The first-order valence-electron chi connectivity index (χ1n) is 14.0. The van der Waals surface area contributed by atoms with E-state index in [0.29, 0.717) is 60.9 Å². The van der Waals surface area contributed by atoms with Crippen LogP contribution in [0.2, 0.25) is 0 Å². The molecule has 0 saturated carbocycles. The number of hydrogen-bond donors (Lipinski definition) is 0. The summed E-state index contributed by atoms with van der Waals surface area (Å²) in [5.41, 5.74) is 1.79. The predicted octanol–water partition coefficient (Wildman–Crippen LogP) is 5.59. The van der Waals surface area contributed by atoms with Gasteiger partial charge in [0, 0.05) is 50.3 Å². The average molecular weight is 587 g/mol. The molecular formula is C30H30N6O5S. The van der Waals surface area contributed by atoms with Crippen LogP contribution in [0.1, 0.15) is 32.0 Å². The van der Waals surface area contributed by atoms with E-state index in [-0.39, 0.29) is 17.1 Å². The molecule has 0 amide bonds. The number of anilines is 1. The Balaban J connectivity index is 1.35. The molecule has 3 heterocycles. The molecule has 5 aromatic rings. The number of nitrogens with zero attached hydrogens (tertiary/aromatic N) is 6. The molecule has 1 saturated heterocycles. The van der Waals surface area contributed by atoms with Gasteiger partial charge in [0.25, 0.3) is 11.4 Å². The molecule has 0 unspecified atom stereocenters. The first-order chi connectivity index (χ1) is 20.3. The number of nitro groups is 1. The number of aromatic nitrogens is 3. The van der Waals surface area contributed by atoms with E-state index < -0.39 is 14.9 Å². The molecule has 12 heteroatoms. The Morgan fingerprint density at radius 2 is 1.74 bits per heavy atom. The van der Waals surface area contributed by atoms with E-state index in [4.69, 9.17) is 14.5 Å². The maximum absolute atomic E-state index is 13.4. The molecule has 0 aliphatic carbocycles. The van der Waals surface area contributed by atoms with Crippen LogP contribution in [0.3, 0.4) is 0 Å². The van der Waals surface area contributed by atoms with E-state index in [0.717, 1.165) is 29.2 Å². The minimum atomic E-state index is -3.84. The Bertz CT molecular complexity index is 1870. The summed E-state index contributed by atoms with van der Waals surface area (Å²) in [6, 6.07) is 19.2. The number of rotatable bonds is 8. The van der Waals surface area contributed by atoms with Gasteiger partial charge in [0.1, 0.15) is 22.7 Å². The van der Waals surface area contributed by atoms with Gasteiger partial charge >= 0.3 is 0 Å². The first-order valence-corrected chi connectivity index (χ1v) is 15.4. The van der Waals surface area contributed by atoms with Crippen LogP contribution in [-0.2, 0) is 16.4 Å². The average Bonchev–Trinajstić information content (AvgIpc) is 3.27. The second-order valence-electron chi connectivity index (χ2n) is 10.3. The molecule has 11 nitrogen and oxygen atoms in total. The number of unbranched alkanes of at least 4 members (excludes halogenated alkanes) is 1. The van der Waals surface area contributed by atoms with E-state index in [2.05, 4.69) is 35.2 Å². The highest BCUT2D eigenvalue weighted by molar-refractivity contribution is 7.89. The molecule has 2 aromatic heterocycles. The van der Waals surface area contributed by atoms with E-state index in [1.165, 1.54) is 28.6 Å². The normalized spacial score (nSPS) is 14.8. The summed E-state index contributed by atoms with van der Waals surface area (Å²) < 4.78 is 34.1. The summed E-state index contributed by atoms with van der Waals surface area (Å²) in [5.74, 6) is 1.35. The molecule has 0 radical (unpaired) electrons. The molecule has 0 N–H and O–H groups in total. The van der Waals surface area contributed by atoms with Gasteiger partial charge in [0.2, 0.25) is 10.0 Å². The van der Waals surface area contributed by atoms with Crippen molar-refractivity contribution >= 4 is 43.4 Å². The second-order valence-corrected chi connectivity index (χ2v) is 12.3. The quantitative estimate of drug-likeness (QED) is 0.168. The maximum Gasteiger partial charge on any atom is 0.269 e. The van der Waals surface area contributed by atoms with Crippen molar-refractivity contribution in [3.63, 3.8) is 0 Å². The first kappa shape index (κ1) is 27.7. The molecule has 1 fully saturated rings. The Hall–Kier alpha value is -4.42. The topological polar surface area (TPSA) is 136 Å². The van der Waals surface area contributed by atoms with Crippen molar-refractivity contribution in [2.75, 3.05) is 31.1 Å². The molecule has 3 aromatic carbocycles. The molecule has 1 aliphatic rings.